The molecule has 4 nitrogen and oxygen atoms in total. The third-order valence-electron chi connectivity index (χ3n) is 2.98. The van der Waals surface area contributed by atoms with Gasteiger partial charge in [-0.3, -0.25) is 9.69 Å². The van der Waals surface area contributed by atoms with Gasteiger partial charge in [-0.2, -0.15) is 0 Å². The Morgan fingerprint density at radius 1 is 1.41 bits per heavy atom. The summed E-state index contributed by atoms with van der Waals surface area (Å²) in [6.07, 6.45) is 0. The average molecular weight is 235 g/mol. The molecule has 1 rings (SSSR count). The predicted octanol–water partition coefficient (Wildman–Crippen LogP) is 0.802. The molecule has 0 bridgehead atoms. The van der Waals surface area contributed by atoms with Gasteiger partial charge in [0.05, 0.1) is 6.54 Å². The molecule has 0 saturated carbocycles. The summed E-state index contributed by atoms with van der Waals surface area (Å²) >= 11 is 0. The molecule has 0 fully saturated rings. The number of aryl methyl sites for hydroxylation is 1. The summed E-state index contributed by atoms with van der Waals surface area (Å²) in [5.74, 6) is -0.320. The fourth-order valence-corrected chi connectivity index (χ4v) is 2.08. The number of amides is 1. The number of hydrogen-bond donors (Lipinski definition) is 2. The Labute approximate surface area is 103 Å². The third-order valence-corrected chi connectivity index (χ3v) is 2.98. The normalized spacial score (nSPS) is 12.7. The van der Waals surface area contributed by atoms with Crippen molar-refractivity contribution < 1.29 is 4.79 Å². The summed E-state index contributed by atoms with van der Waals surface area (Å²) in [6.45, 7) is 5.53. The molecular formula is C13H21N3O. The highest BCUT2D eigenvalue weighted by atomic mass is 16.1. The number of rotatable bonds is 6. The van der Waals surface area contributed by atoms with Crippen LogP contribution >= 0.6 is 0 Å². The fourth-order valence-electron chi connectivity index (χ4n) is 2.08. The van der Waals surface area contributed by atoms with E-state index in [-0.39, 0.29) is 18.5 Å². The summed E-state index contributed by atoms with van der Waals surface area (Å²) in [7, 11) is 0. The lowest BCUT2D eigenvalue weighted by molar-refractivity contribution is -0.119. The highest BCUT2D eigenvalue weighted by molar-refractivity contribution is 5.76. The second kappa shape index (κ2) is 6.37. The van der Waals surface area contributed by atoms with Gasteiger partial charge < -0.3 is 11.5 Å². The van der Waals surface area contributed by atoms with Crippen molar-refractivity contribution in [1.82, 2.24) is 4.90 Å². The number of nitrogens with two attached hydrogens (primary N) is 2. The minimum absolute atomic E-state index is 0.0497. The van der Waals surface area contributed by atoms with Crippen LogP contribution in [0.2, 0.25) is 0 Å². The maximum Gasteiger partial charge on any atom is 0.231 e. The molecule has 0 radical (unpaired) electrons. The number of hydrogen-bond acceptors (Lipinski definition) is 3. The van der Waals surface area contributed by atoms with Gasteiger partial charge in [0.25, 0.3) is 0 Å². The quantitative estimate of drug-likeness (QED) is 0.766. The van der Waals surface area contributed by atoms with E-state index in [0.717, 1.165) is 12.1 Å². The van der Waals surface area contributed by atoms with Crippen LogP contribution in [0.3, 0.4) is 0 Å². The molecule has 1 amide bonds. The first-order chi connectivity index (χ1) is 8.10. The average Bonchev–Trinajstić information content (AvgIpc) is 2.30. The van der Waals surface area contributed by atoms with Crippen LogP contribution in [-0.4, -0.2) is 30.4 Å². The summed E-state index contributed by atoms with van der Waals surface area (Å²) in [5.41, 5.74) is 13.4. The highest BCUT2D eigenvalue weighted by Crippen LogP contribution is 2.22. The molecule has 1 unspecified atom stereocenters. The highest BCUT2D eigenvalue weighted by Gasteiger charge is 2.20. The van der Waals surface area contributed by atoms with Crippen molar-refractivity contribution in [2.24, 2.45) is 11.5 Å². The Balaban J connectivity index is 2.97. The molecule has 0 aliphatic heterocycles. The third kappa shape index (κ3) is 3.54. The van der Waals surface area contributed by atoms with Crippen molar-refractivity contribution in [3.8, 4) is 0 Å². The summed E-state index contributed by atoms with van der Waals surface area (Å²) in [4.78, 5) is 13.0. The lowest BCUT2D eigenvalue weighted by Crippen LogP contribution is -2.39. The molecule has 0 aliphatic carbocycles. The molecule has 0 aromatic heterocycles. The van der Waals surface area contributed by atoms with Crippen LogP contribution in [0.4, 0.5) is 0 Å². The molecule has 0 heterocycles. The SMILES string of the molecule is CCN(CC(N)=O)C(CN)c1ccccc1C. The molecule has 1 atom stereocenters. The van der Waals surface area contributed by atoms with Gasteiger partial charge in [-0.15, -0.1) is 0 Å². The van der Waals surface area contributed by atoms with Crippen LogP contribution in [0.25, 0.3) is 0 Å². The summed E-state index contributed by atoms with van der Waals surface area (Å²) in [6, 6.07) is 8.14. The number of carbonyl (C=O) groups excluding carboxylic acids is 1. The molecule has 94 valence electrons. The number of nitrogens with zero attached hydrogens (tertiary/aromatic N) is 1. The van der Waals surface area contributed by atoms with Gasteiger partial charge in [0.15, 0.2) is 0 Å². The van der Waals surface area contributed by atoms with Crippen LogP contribution in [0.1, 0.15) is 24.1 Å². The number of likely N-dealkylation sites (N-methyl/N-ethyl adjacent to an activating group) is 1. The van der Waals surface area contributed by atoms with Gasteiger partial charge in [-0.05, 0) is 24.6 Å². The van der Waals surface area contributed by atoms with Crippen molar-refractivity contribution >= 4 is 5.91 Å². The molecule has 4 N–H and O–H groups in total. The Morgan fingerprint density at radius 2 is 2.06 bits per heavy atom. The number of carbonyl (C=O) groups is 1. The Kier molecular flexibility index (Phi) is 5.12. The van der Waals surface area contributed by atoms with Crippen molar-refractivity contribution in [3.05, 3.63) is 35.4 Å². The Bertz CT molecular complexity index is 379. The fraction of sp³-hybridized carbons (Fsp3) is 0.462. The lowest BCUT2D eigenvalue weighted by atomic mass is 10.00. The first kappa shape index (κ1) is 13.7. The van der Waals surface area contributed by atoms with Crippen molar-refractivity contribution in [2.45, 2.75) is 19.9 Å². The van der Waals surface area contributed by atoms with Gasteiger partial charge in [-0.25, -0.2) is 0 Å². The van der Waals surface area contributed by atoms with E-state index in [1.54, 1.807) is 0 Å². The molecule has 17 heavy (non-hydrogen) atoms. The summed E-state index contributed by atoms with van der Waals surface area (Å²) < 4.78 is 0. The number of benzene rings is 1. The van der Waals surface area contributed by atoms with E-state index in [1.165, 1.54) is 5.56 Å². The van der Waals surface area contributed by atoms with Crippen LogP contribution in [0, 0.1) is 6.92 Å². The molecule has 1 aromatic carbocycles. The predicted molar refractivity (Wildman–Crippen MR) is 69.4 cm³/mol. The summed E-state index contributed by atoms with van der Waals surface area (Å²) in [5, 5.41) is 0. The van der Waals surface area contributed by atoms with E-state index in [9.17, 15) is 4.79 Å². The van der Waals surface area contributed by atoms with E-state index in [0.29, 0.717) is 6.54 Å². The van der Waals surface area contributed by atoms with Gasteiger partial charge in [0.1, 0.15) is 0 Å². The number of primary amides is 1. The van der Waals surface area contributed by atoms with Crippen LogP contribution < -0.4 is 11.5 Å². The minimum atomic E-state index is -0.320. The Hall–Kier alpha value is -1.39. The van der Waals surface area contributed by atoms with Crippen molar-refractivity contribution in [1.29, 1.82) is 0 Å². The van der Waals surface area contributed by atoms with E-state index in [4.69, 9.17) is 11.5 Å². The van der Waals surface area contributed by atoms with E-state index < -0.39 is 0 Å². The monoisotopic (exact) mass is 235 g/mol. The van der Waals surface area contributed by atoms with Gasteiger partial charge >= 0.3 is 0 Å². The minimum Gasteiger partial charge on any atom is -0.369 e. The zero-order chi connectivity index (χ0) is 12.8. The van der Waals surface area contributed by atoms with E-state index in [1.807, 2.05) is 24.0 Å². The van der Waals surface area contributed by atoms with Gasteiger partial charge in [-0.1, -0.05) is 31.2 Å². The second-order valence-corrected chi connectivity index (χ2v) is 4.14. The first-order valence-corrected chi connectivity index (χ1v) is 5.88. The van der Waals surface area contributed by atoms with Gasteiger partial charge in [0, 0.05) is 12.6 Å². The van der Waals surface area contributed by atoms with Crippen molar-refractivity contribution in [2.75, 3.05) is 19.6 Å². The maximum atomic E-state index is 11.0. The molecule has 0 spiro atoms. The van der Waals surface area contributed by atoms with Crippen LogP contribution in [-0.2, 0) is 4.79 Å². The zero-order valence-corrected chi connectivity index (χ0v) is 10.5. The first-order valence-electron chi connectivity index (χ1n) is 5.88. The standard InChI is InChI=1S/C13H21N3O/c1-3-16(9-13(15)17)12(8-14)11-7-5-4-6-10(11)2/h4-7,12H,3,8-9,14H2,1-2H3,(H2,15,17). The molecule has 0 saturated heterocycles. The second-order valence-electron chi connectivity index (χ2n) is 4.14. The molecule has 1 aromatic rings. The maximum absolute atomic E-state index is 11.0. The molecule has 4 heteroatoms. The zero-order valence-electron chi connectivity index (χ0n) is 10.5. The molecular weight excluding hydrogens is 214 g/mol. The lowest BCUT2D eigenvalue weighted by Gasteiger charge is -2.30. The molecule has 0 aliphatic rings. The van der Waals surface area contributed by atoms with E-state index in [2.05, 4.69) is 19.1 Å². The van der Waals surface area contributed by atoms with Crippen LogP contribution in [0.5, 0.6) is 0 Å². The Morgan fingerprint density at radius 3 is 2.53 bits per heavy atom. The smallest absolute Gasteiger partial charge is 0.231 e. The van der Waals surface area contributed by atoms with E-state index >= 15 is 0 Å². The topological polar surface area (TPSA) is 72.3 Å². The van der Waals surface area contributed by atoms with Gasteiger partial charge in [0.2, 0.25) is 5.91 Å². The van der Waals surface area contributed by atoms with Crippen molar-refractivity contribution in [3.63, 3.8) is 0 Å². The van der Waals surface area contributed by atoms with Crippen LogP contribution in [0.15, 0.2) is 24.3 Å². The largest absolute Gasteiger partial charge is 0.369 e.